The fourth-order valence-electron chi connectivity index (χ4n) is 2.65. The Labute approximate surface area is 144 Å². The van der Waals surface area contributed by atoms with E-state index < -0.39 is 11.7 Å². The van der Waals surface area contributed by atoms with Gasteiger partial charge in [-0.3, -0.25) is 9.59 Å². The van der Waals surface area contributed by atoms with E-state index in [-0.39, 0.29) is 17.3 Å². The zero-order chi connectivity index (χ0) is 17.8. The van der Waals surface area contributed by atoms with Gasteiger partial charge in [-0.1, -0.05) is 0 Å². The van der Waals surface area contributed by atoms with Crippen molar-refractivity contribution in [3.63, 3.8) is 0 Å². The lowest BCUT2D eigenvalue weighted by Crippen LogP contribution is -2.21. The van der Waals surface area contributed by atoms with Gasteiger partial charge in [-0.15, -0.1) is 10.2 Å². The lowest BCUT2D eigenvalue weighted by molar-refractivity contribution is -0.114. The highest BCUT2D eigenvalue weighted by atomic mass is 19.1. The first-order valence-corrected chi connectivity index (χ1v) is 8.00. The van der Waals surface area contributed by atoms with Crippen LogP contribution in [0.2, 0.25) is 0 Å². The Morgan fingerprint density at radius 2 is 1.84 bits per heavy atom. The third kappa shape index (κ3) is 4.09. The van der Waals surface area contributed by atoms with Gasteiger partial charge >= 0.3 is 0 Å². The normalized spacial score (nSPS) is 13.6. The van der Waals surface area contributed by atoms with Gasteiger partial charge in [0.2, 0.25) is 5.91 Å². The van der Waals surface area contributed by atoms with Gasteiger partial charge in [0, 0.05) is 25.7 Å². The first-order chi connectivity index (χ1) is 12.0. The number of carbonyl (C=O) groups is 2. The molecule has 2 amide bonds. The van der Waals surface area contributed by atoms with Crippen LogP contribution in [0, 0.1) is 5.82 Å². The molecular formula is C17H18FN5O2. The molecule has 8 heteroatoms. The van der Waals surface area contributed by atoms with E-state index >= 15 is 0 Å². The lowest BCUT2D eigenvalue weighted by Gasteiger charge is -2.15. The summed E-state index contributed by atoms with van der Waals surface area (Å²) in [6.45, 7) is 3.21. The van der Waals surface area contributed by atoms with Crippen LogP contribution >= 0.6 is 0 Å². The Kier molecular flexibility index (Phi) is 4.87. The average molecular weight is 343 g/mol. The predicted molar refractivity (Wildman–Crippen MR) is 92.1 cm³/mol. The van der Waals surface area contributed by atoms with Gasteiger partial charge in [0.25, 0.3) is 5.91 Å². The summed E-state index contributed by atoms with van der Waals surface area (Å²) in [4.78, 5) is 25.4. The number of rotatable bonds is 4. The molecule has 0 unspecified atom stereocenters. The summed E-state index contributed by atoms with van der Waals surface area (Å²) in [5, 5.41) is 13.0. The number of anilines is 3. The topological polar surface area (TPSA) is 87.2 Å². The zero-order valence-corrected chi connectivity index (χ0v) is 13.8. The highest BCUT2D eigenvalue weighted by molar-refractivity contribution is 6.03. The van der Waals surface area contributed by atoms with Crippen molar-refractivity contribution in [1.29, 1.82) is 0 Å². The average Bonchev–Trinajstić information content (AvgIpc) is 3.12. The summed E-state index contributed by atoms with van der Waals surface area (Å²) in [5.41, 5.74) is 0.439. The minimum atomic E-state index is -0.607. The smallest absolute Gasteiger partial charge is 0.276 e. The molecule has 1 fully saturated rings. The molecule has 2 aromatic rings. The standard InChI is InChI=1S/C17H18FN5O2/c1-11(24)19-12-4-5-13(18)15(10-12)20-17(25)14-6-7-16(22-21-14)23-8-2-3-9-23/h4-7,10H,2-3,8-9H2,1H3,(H,19,24)(H,20,25). The summed E-state index contributed by atoms with van der Waals surface area (Å²) in [7, 11) is 0. The number of carbonyl (C=O) groups excluding carboxylic acids is 2. The second kappa shape index (κ2) is 7.25. The summed E-state index contributed by atoms with van der Waals surface area (Å²) in [6.07, 6.45) is 2.24. The summed E-state index contributed by atoms with van der Waals surface area (Å²) in [6, 6.07) is 7.23. The Morgan fingerprint density at radius 1 is 1.08 bits per heavy atom. The molecule has 0 saturated carbocycles. The van der Waals surface area contributed by atoms with Crippen LogP contribution in [0.3, 0.4) is 0 Å². The van der Waals surface area contributed by atoms with E-state index in [0.29, 0.717) is 5.69 Å². The Morgan fingerprint density at radius 3 is 2.48 bits per heavy atom. The lowest BCUT2D eigenvalue weighted by atomic mass is 10.2. The van der Waals surface area contributed by atoms with E-state index in [0.717, 1.165) is 31.7 Å². The quantitative estimate of drug-likeness (QED) is 0.890. The molecule has 130 valence electrons. The van der Waals surface area contributed by atoms with Crippen LogP contribution in [0.25, 0.3) is 0 Å². The van der Waals surface area contributed by atoms with Crippen LogP contribution in [-0.4, -0.2) is 35.1 Å². The Bertz CT molecular complexity index is 788. The van der Waals surface area contributed by atoms with E-state index in [1.165, 1.54) is 25.1 Å². The fraction of sp³-hybridized carbons (Fsp3) is 0.294. The van der Waals surface area contributed by atoms with Gasteiger partial charge in [-0.2, -0.15) is 0 Å². The van der Waals surface area contributed by atoms with Gasteiger partial charge in [0.15, 0.2) is 11.5 Å². The zero-order valence-electron chi connectivity index (χ0n) is 13.8. The maximum absolute atomic E-state index is 13.9. The first-order valence-electron chi connectivity index (χ1n) is 8.00. The van der Waals surface area contributed by atoms with Crippen molar-refractivity contribution in [1.82, 2.24) is 10.2 Å². The number of benzene rings is 1. The predicted octanol–water partition coefficient (Wildman–Crippen LogP) is 2.43. The molecule has 0 spiro atoms. The number of aromatic nitrogens is 2. The van der Waals surface area contributed by atoms with Crippen molar-refractivity contribution >= 4 is 29.0 Å². The van der Waals surface area contributed by atoms with Crippen molar-refractivity contribution in [2.75, 3.05) is 28.6 Å². The SMILES string of the molecule is CC(=O)Nc1ccc(F)c(NC(=O)c2ccc(N3CCCC3)nn2)c1. The second-order valence-electron chi connectivity index (χ2n) is 5.80. The second-order valence-corrected chi connectivity index (χ2v) is 5.80. The first kappa shape index (κ1) is 16.8. The van der Waals surface area contributed by atoms with E-state index in [9.17, 15) is 14.0 Å². The summed E-state index contributed by atoms with van der Waals surface area (Å²) >= 11 is 0. The van der Waals surface area contributed by atoms with Crippen LogP contribution in [0.4, 0.5) is 21.6 Å². The van der Waals surface area contributed by atoms with Gasteiger partial charge in [0.1, 0.15) is 5.82 Å². The fourth-order valence-corrected chi connectivity index (χ4v) is 2.65. The van der Waals surface area contributed by atoms with Crippen LogP contribution in [-0.2, 0) is 4.79 Å². The number of amides is 2. The maximum atomic E-state index is 13.9. The van der Waals surface area contributed by atoms with E-state index in [1.807, 2.05) is 0 Å². The van der Waals surface area contributed by atoms with Crippen molar-refractivity contribution < 1.29 is 14.0 Å². The molecule has 0 bridgehead atoms. The molecule has 3 rings (SSSR count). The molecule has 2 N–H and O–H groups in total. The summed E-state index contributed by atoms with van der Waals surface area (Å²) < 4.78 is 13.9. The van der Waals surface area contributed by atoms with Gasteiger partial charge in [-0.05, 0) is 43.2 Å². The Hall–Kier alpha value is -3.03. The molecule has 2 heterocycles. The number of nitrogens with zero attached hydrogens (tertiary/aromatic N) is 3. The van der Waals surface area contributed by atoms with Crippen molar-refractivity contribution in [3.8, 4) is 0 Å². The molecule has 7 nitrogen and oxygen atoms in total. The van der Waals surface area contributed by atoms with Crippen molar-refractivity contribution in [3.05, 3.63) is 41.8 Å². The monoisotopic (exact) mass is 343 g/mol. The molecule has 1 aliphatic rings. The number of nitrogens with one attached hydrogen (secondary N) is 2. The van der Waals surface area contributed by atoms with Crippen LogP contribution in [0.15, 0.2) is 30.3 Å². The van der Waals surface area contributed by atoms with Gasteiger partial charge in [-0.25, -0.2) is 4.39 Å². The third-order valence-electron chi connectivity index (χ3n) is 3.85. The van der Waals surface area contributed by atoms with Crippen LogP contribution in [0.5, 0.6) is 0 Å². The van der Waals surface area contributed by atoms with Gasteiger partial charge < -0.3 is 15.5 Å². The molecule has 25 heavy (non-hydrogen) atoms. The van der Waals surface area contributed by atoms with Crippen molar-refractivity contribution in [2.24, 2.45) is 0 Å². The largest absolute Gasteiger partial charge is 0.355 e. The Balaban J connectivity index is 1.72. The molecule has 1 aromatic heterocycles. The van der Waals surface area contributed by atoms with Crippen LogP contribution < -0.4 is 15.5 Å². The highest BCUT2D eigenvalue weighted by Crippen LogP contribution is 2.21. The minimum Gasteiger partial charge on any atom is -0.355 e. The molecule has 1 aromatic carbocycles. The highest BCUT2D eigenvalue weighted by Gasteiger charge is 2.16. The van der Waals surface area contributed by atoms with Crippen LogP contribution in [0.1, 0.15) is 30.3 Å². The maximum Gasteiger partial charge on any atom is 0.276 e. The molecule has 0 radical (unpaired) electrons. The molecule has 1 aliphatic heterocycles. The molecule has 0 atom stereocenters. The van der Waals surface area contributed by atoms with Crippen molar-refractivity contribution in [2.45, 2.75) is 19.8 Å². The van der Waals surface area contributed by atoms with Gasteiger partial charge in [0.05, 0.1) is 5.69 Å². The van der Waals surface area contributed by atoms with E-state index in [2.05, 4.69) is 25.7 Å². The summed E-state index contributed by atoms with van der Waals surface area (Å²) in [5.74, 6) is -0.733. The molecule has 0 aliphatic carbocycles. The number of hydrogen-bond acceptors (Lipinski definition) is 5. The number of hydrogen-bond donors (Lipinski definition) is 2. The van der Waals surface area contributed by atoms with E-state index in [1.54, 1.807) is 12.1 Å². The van der Waals surface area contributed by atoms with E-state index in [4.69, 9.17) is 0 Å². The molecular weight excluding hydrogens is 325 g/mol. The third-order valence-corrected chi connectivity index (χ3v) is 3.85. The molecule has 1 saturated heterocycles. The minimum absolute atomic E-state index is 0.0401. The number of halogens is 1.